The first-order chi connectivity index (χ1) is 18.0. The summed E-state index contributed by atoms with van der Waals surface area (Å²) in [4.78, 5) is 36.9. The molecule has 11 atom stereocenters. The van der Waals surface area contributed by atoms with Crippen LogP contribution >= 0.6 is 0 Å². The maximum Gasteiger partial charge on any atom is 0.327 e. The van der Waals surface area contributed by atoms with Crippen molar-refractivity contribution in [2.75, 3.05) is 11.5 Å². The predicted molar refractivity (Wildman–Crippen MR) is 143 cm³/mol. The number of nitrogens with one attached hydrogen (secondary N) is 1. The van der Waals surface area contributed by atoms with Gasteiger partial charge in [0.05, 0.1) is 28.8 Å². The lowest BCUT2D eigenvalue weighted by atomic mass is 9.46. The van der Waals surface area contributed by atoms with E-state index in [2.05, 4.69) is 5.32 Å². The van der Waals surface area contributed by atoms with Gasteiger partial charge in [0.1, 0.15) is 17.4 Å². The maximum atomic E-state index is 14.0. The summed E-state index contributed by atoms with van der Waals surface area (Å²) in [6, 6.07) is -1.47. The van der Waals surface area contributed by atoms with Crippen LogP contribution in [0.1, 0.15) is 47.5 Å². The number of rotatable bonds is 6. The lowest BCUT2D eigenvalue weighted by molar-refractivity contribution is -0.140. The molecule has 6 N–H and O–H groups in total. The highest BCUT2D eigenvalue weighted by molar-refractivity contribution is 7.85. The van der Waals surface area contributed by atoms with Crippen LogP contribution in [0.4, 0.5) is 0 Å². The van der Waals surface area contributed by atoms with Gasteiger partial charge in [0, 0.05) is 40.9 Å². The predicted octanol–water partition coefficient (Wildman–Crippen LogP) is 0.993. The molecule has 0 aromatic carbocycles. The molecule has 10 nitrogen and oxygen atoms in total. The summed E-state index contributed by atoms with van der Waals surface area (Å²) >= 11 is 0. The molecule has 0 bridgehead atoms. The molecule has 4 aliphatic rings. The fourth-order valence-corrected chi connectivity index (χ4v) is 8.95. The van der Waals surface area contributed by atoms with E-state index >= 15 is 0 Å². The number of aliphatic carboxylic acids is 1. The second-order valence-corrected chi connectivity index (χ2v) is 13.7. The number of aliphatic hydroxyl groups is 4. The molecule has 1 amide bonds. The largest absolute Gasteiger partial charge is 0.511 e. The zero-order valence-electron chi connectivity index (χ0n) is 22.9. The monoisotopic (exact) mass is 565 g/mol. The Kier molecular flexibility index (Phi) is 7.55. The Hall–Kier alpha value is -2.34. The molecule has 0 aromatic rings. The van der Waals surface area contributed by atoms with Crippen molar-refractivity contribution >= 4 is 28.5 Å². The standard InChI is InChI=1S/C28H39NO9S/c1-13-6-8-17-16(22(13)31)7-9-20-26(17,4)23(32)21-18(27(20,5)36)10-14(2)28(37,24(21)33)12-39(38)11-19(25(34)35)29-15(3)30/h7,9-10,13-14,16-17,19-20,22,31-32,36-37H,6,8,11-12H2,1-5H3,(H,29,30)(H,34,35). The van der Waals surface area contributed by atoms with Crippen LogP contribution in [0.3, 0.4) is 0 Å². The van der Waals surface area contributed by atoms with Gasteiger partial charge in [-0.05, 0) is 37.2 Å². The normalized spacial score (nSPS) is 43.0. The van der Waals surface area contributed by atoms with Crippen molar-refractivity contribution in [1.82, 2.24) is 5.32 Å². The van der Waals surface area contributed by atoms with E-state index in [1.807, 2.05) is 19.1 Å². The van der Waals surface area contributed by atoms with E-state index < -0.39 is 80.6 Å². The summed E-state index contributed by atoms with van der Waals surface area (Å²) in [5.74, 6) is -6.37. The number of Topliss-reactive ketones (excluding diaryl/α,β-unsaturated/α-hetero) is 1. The van der Waals surface area contributed by atoms with Gasteiger partial charge in [0.15, 0.2) is 5.78 Å². The molecule has 1 saturated carbocycles. The van der Waals surface area contributed by atoms with Gasteiger partial charge in [0.2, 0.25) is 5.91 Å². The van der Waals surface area contributed by atoms with Crippen LogP contribution in [0.5, 0.6) is 0 Å². The second-order valence-electron chi connectivity index (χ2n) is 12.2. The molecular formula is C28H39NO9S. The molecule has 1 fully saturated rings. The molecule has 11 unspecified atom stereocenters. The molecule has 216 valence electrons. The molecular weight excluding hydrogens is 526 g/mol. The van der Waals surface area contributed by atoms with Gasteiger partial charge < -0.3 is 30.8 Å². The number of amides is 1. The van der Waals surface area contributed by atoms with Crippen molar-refractivity contribution in [3.8, 4) is 0 Å². The number of aliphatic hydroxyl groups excluding tert-OH is 2. The van der Waals surface area contributed by atoms with Gasteiger partial charge in [-0.25, -0.2) is 4.79 Å². The van der Waals surface area contributed by atoms with Crippen LogP contribution in [-0.2, 0) is 25.2 Å². The SMILES string of the molecule is CC(=O)NC(CS(=O)CC1(O)C(=O)C2=C(O)C3(C)C4CCC(C)C(O)C4C=CC3C(C)(O)C2=CC1C)C(=O)O. The Morgan fingerprint density at radius 1 is 1.18 bits per heavy atom. The summed E-state index contributed by atoms with van der Waals surface area (Å²) in [6.45, 7) is 7.98. The summed E-state index contributed by atoms with van der Waals surface area (Å²) < 4.78 is 13.0. The fraction of sp³-hybridized carbons (Fsp3) is 0.679. The first-order valence-corrected chi connectivity index (χ1v) is 14.8. The van der Waals surface area contributed by atoms with E-state index in [1.165, 1.54) is 13.0 Å². The minimum absolute atomic E-state index is 0.0507. The number of allylic oxidation sites excluding steroid dienone is 1. The molecule has 0 saturated heterocycles. The Bertz CT molecular complexity index is 1210. The highest BCUT2D eigenvalue weighted by Crippen LogP contribution is 2.63. The maximum absolute atomic E-state index is 14.0. The average molecular weight is 566 g/mol. The van der Waals surface area contributed by atoms with Crippen molar-refractivity contribution < 1.29 is 44.1 Å². The highest BCUT2D eigenvalue weighted by Gasteiger charge is 2.64. The molecule has 4 rings (SSSR count). The molecule has 11 heteroatoms. The van der Waals surface area contributed by atoms with Crippen LogP contribution in [0.15, 0.2) is 35.1 Å². The molecule has 0 aromatic heterocycles. The third-order valence-corrected chi connectivity index (χ3v) is 11.2. The van der Waals surface area contributed by atoms with Gasteiger partial charge >= 0.3 is 5.97 Å². The highest BCUT2D eigenvalue weighted by atomic mass is 32.2. The van der Waals surface area contributed by atoms with Crippen molar-refractivity contribution in [3.05, 3.63) is 35.1 Å². The fourth-order valence-electron chi connectivity index (χ4n) is 7.35. The van der Waals surface area contributed by atoms with E-state index in [-0.39, 0.29) is 34.7 Å². The van der Waals surface area contributed by atoms with Crippen molar-refractivity contribution in [1.29, 1.82) is 0 Å². The van der Waals surface area contributed by atoms with E-state index in [4.69, 9.17) is 0 Å². The number of carboxylic acids is 1. The van der Waals surface area contributed by atoms with Crippen molar-refractivity contribution in [3.63, 3.8) is 0 Å². The Morgan fingerprint density at radius 2 is 1.82 bits per heavy atom. The van der Waals surface area contributed by atoms with Crippen LogP contribution in [0.2, 0.25) is 0 Å². The van der Waals surface area contributed by atoms with Gasteiger partial charge in [-0.1, -0.05) is 39.0 Å². The number of carbonyl (C=O) groups excluding carboxylic acids is 2. The van der Waals surface area contributed by atoms with Gasteiger partial charge in [-0.15, -0.1) is 0 Å². The molecule has 39 heavy (non-hydrogen) atoms. The Balaban J connectivity index is 1.76. The summed E-state index contributed by atoms with van der Waals surface area (Å²) in [5, 5.41) is 57.8. The average Bonchev–Trinajstić information content (AvgIpc) is 2.83. The number of fused-ring (bicyclic) bond motifs is 4. The Morgan fingerprint density at radius 3 is 2.41 bits per heavy atom. The van der Waals surface area contributed by atoms with Crippen LogP contribution in [0, 0.1) is 35.0 Å². The Labute approximate surface area is 230 Å². The quantitative estimate of drug-likeness (QED) is 0.256. The van der Waals surface area contributed by atoms with E-state index in [0.29, 0.717) is 12.8 Å². The van der Waals surface area contributed by atoms with Gasteiger partial charge in [0.25, 0.3) is 0 Å². The minimum atomic E-state index is -2.25. The third kappa shape index (κ3) is 4.51. The van der Waals surface area contributed by atoms with E-state index in [9.17, 15) is 44.1 Å². The number of carboxylic acid groups (broad SMARTS) is 1. The van der Waals surface area contributed by atoms with Gasteiger partial charge in [-0.2, -0.15) is 0 Å². The van der Waals surface area contributed by atoms with Crippen molar-refractivity contribution in [2.24, 2.45) is 35.0 Å². The molecule has 0 heterocycles. The van der Waals surface area contributed by atoms with Crippen LogP contribution < -0.4 is 5.32 Å². The smallest absolute Gasteiger partial charge is 0.327 e. The number of hydrogen-bond acceptors (Lipinski definition) is 8. The lowest BCUT2D eigenvalue weighted by Crippen LogP contribution is -2.62. The zero-order valence-corrected chi connectivity index (χ0v) is 23.7. The topological polar surface area (TPSA) is 181 Å². The molecule has 0 spiro atoms. The van der Waals surface area contributed by atoms with Gasteiger partial charge in [-0.3, -0.25) is 13.8 Å². The van der Waals surface area contributed by atoms with Crippen LogP contribution in [0.25, 0.3) is 0 Å². The minimum Gasteiger partial charge on any atom is -0.511 e. The third-order valence-electron chi connectivity index (χ3n) is 9.68. The first kappa shape index (κ1) is 29.6. The number of carbonyl (C=O) groups is 3. The summed E-state index contributed by atoms with van der Waals surface area (Å²) in [5.41, 5.74) is -4.98. The van der Waals surface area contributed by atoms with E-state index in [0.717, 1.165) is 6.92 Å². The van der Waals surface area contributed by atoms with E-state index in [1.54, 1.807) is 13.8 Å². The molecule has 0 aliphatic heterocycles. The summed E-state index contributed by atoms with van der Waals surface area (Å²) in [6.07, 6.45) is 5.96. The lowest BCUT2D eigenvalue weighted by Gasteiger charge is -2.59. The second kappa shape index (κ2) is 9.94. The number of ketones is 1. The first-order valence-electron chi connectivity index (χ1n) is 13.3. The zero-order chi connectivity index (χ0) is 29.2. The van der Waals surface area contributed by atoms with Crippen molar-refractivity contribution in [2.45, 2.75) is 70.8 Å². The molecule has 0 radical (unpaired) electrons. The molecule has 4 aliphatic carbocycles. The summed E-state index contributed by atoms with van der Waals surface area (Å²) in [7, 11) is -2.05. The number of hydrogen-bond donors (Lipinski definition) is 6. The van der Waals surface area contributed by atoms with Crippen LogP contribution in [-0.4, -0.2) is 82.3 Å².